The molecular formula is C12H24N8. The highest BCUT2D eigenvalue weighted by Crippen LogP contribution is 2.20. The summed E-state index contributed by atoms with van der Waals surface area (Å²) in [5.74, 6) is 7.13. The topological polar surface area (TPSA) is 86.4 Å². The Hall–Kier alpha value is -1.67. The Kier molecular flexibility index (Phi) is 4.56. The highest BCUT2D eigenvalue weighted by molar-refractivity contribution is 5.44. The maximum Gasteiger partial charge on any atom is 0.243 e. The minimum absolute atomic E-state index is 0.394. The lowest BCUT2D eigenvalue weighted by Crippen LogP contribution is -2.46. The van der Waals surface area contributed by atoms with Crippen LogP contribution in [-0.2, 0) is 0 Å². The number of nitrogens with one attached hydrogen (secondary N) is 1. The largest absolute Gasteiger partial charge is 0.347 e. The van der Waals surface area contributed by atoms with Gasteiger partial charge in [-0.1, -0.05) is 0 Å². The van der Waals surface area contributed by atoms with E-state index in [0.717, 1.165) is 19.5 Å². The molecule has 20 heavy (non-hydrogen) atoms. The molecule has 8 nitrogen and oxygen atoms in total. The van der Waals surface area contributed by atoms with E-state index in [4.69, 9.17) is 5.84 Å². The lowest BCUT2D eigenvalue weighted by molar-refractivity contribution is 0.257. The Labute approximate surface area is 120 Å². The predicted octanol–water partition coefficient (Wildman–Crippen LogP) is -0.246. The molecule has 0 bridgehead atoms. The summed E-state index contributed by atoms with van der Waals surface area (Å²) < 4.78 is 0. The van der Waals surface area contributed by atoms with E-state index in [2.05, 4.69) is 44.3 Å². The van der Waals surface area contributed by atoms with Crippen molar-refractivity contribution < 1.29 is 0 Å². The van der Waals surface area contributed by atoms with E-state index in [0.29, 0.717) is 23.9 Å². The van der Waals surface area contributed by atoms with Crippen LogP contribution in [0.1, 0.15) is 12.8 Å². The Bertz CT molecular complexity index is 447. The zero-order valence-electron chi connectivity index (χ0n) is 12.7. The van der Waals surface area contributed by atoms with Gasteiger partial charge in [-0.05, 0) is 26.9 Å². The number of nitrogen functional groups attached to an aromatic ring is 1. The quantitative estimate of drug-likeness (QED) is 0.577. The first kappa shape index (κ1) is 14.7. The van der Waals surface area contributed by atoms with Gasteiger partial charge in [-0.3, -0.25) is 5.43 Å². The van der Waals surface area contributed by atoms with Gasteiger partial charge < -0.3 is 14.7 Å². The molecule has 0 saturated carbocycles. The van der Waals surface area contributed by atoms with E-state index in [1.54, 1.807) is 0 Å². The van der Waals surface area contributed by atoms with Crippen LogP contribution < -0.4 is 21.1 Å². The summed E-state index contributed by atoms with van der Waals surface area (Å²) in [5, 5.41) is 0. The van der Waals surface area contributed by atoms with E-state index in [9.17, 15) is 0 Å². The van der Waals surface area contributed by atoms with Gasteiger partial charge in [-0.15, -0.1) is 0 Å². The number of hydrogen-bond donors (Lipinski definition) is 2. The van der Waals surface area contributed by atoms with Gasteiger partial charge in [0.1, 0.15) is 0 Å². The van der Waals surface area contributed by atoms with Gasteiger partial charge in [0, 0.05) is 33.2 Å². The Morgan fingerprint density at radius 3 is 2.55 bits per heavy atom. The molecule has 8 heteroatoms. The highest BCUT2D eigenvalue weighted by atomic mass is 15.4. The fourth-order valence-electron chi connectivity index (χ4n) is 2.32. The van der Waals surface area contributed by atoms with Crippen molar-refractivity contribution in [2.45, 2.75) is 18.9 Å². The maximum atomic E-state index is 5.44. The molecule has 1 aromatic rings. The van der Waals surface area contributed by atoms with Crippen LogP contribution in [0.3, 0.4) is 0 Å². The first-order chi connectivity index (χ1) is 9.51. The lowest BCUT2D eigenvalue weighted by Gasteiger charge is -2.36. The Morgan fingerprint density at radius 2 is 1.95 bits per heavy atom. The van der Waals surface area contributed by atoms with Crippen LogP contribution in [0.25, 0.3) is 0 Å². The highest BCUT2D eigenvalue weighted by Gasteiger charge is 2.24. The molecule has 1 fully saturated rings. The molecule has 0 aromatic carbocycles. The minimum atomic E-state index is 0.394. The smallest absolute Gasteiger partial charge is 0.243 e. The van der Waals surface area contributed by atoms with Gasteiger partial charge in [-0.2, -0.15) is 15.0 Å². The molecule has 1 aliphatic rings. The maximum absolute atomic E-state index is 5.44. The summed E-state index contributed by atoms with van der Waals surface area (Å²) in [6.07, 6.45) is 2.34. The second-order valence-electron chi connectivity index (χ2n) is 5.50. The summed E-state index contributed by atoms with van der Waals surface area (Å²) in [6, 6.07) is 0.526. The number of likely N-dealkylation sites (N-methyl/N-ethyl adjacent to an activating group) is 1. The molecular weight excluding hydrogens is 256 g/mol. The van der Waals surface area contributed by atoms with Gasteiger partial charge in [0.15, 0.2) is 0 Å². The van der Waals surface area contributed by atoms with Crippen molar-refractivity contribution in [3.63, 3.8) is 0 Å². The number of nitrogens with zero attached hydrogens (tertiary/aromatic N) is 6. The second-order valence-corrected chi connectivity index (χ2v) is 5.50. The third-order valence-corrected chi connectivity index (χ3v) is 3.55. The molecule has 112 valence electrons. The summed E-state index contributed by atoms with van der Waals surface area (Å²) in [5.41, 5.74) is 2.51. The van der Waals surface area contributed by atoms with E-state index >= 15 is 0 Å². The third kappa shape index (κ3) is 3.26. The molecule has 0 radical (unpaired) electrons. The van der Waals surface area contributed by atoms with Gasteiger partial charge in [0.05, 0.1) is 0 Å². The van der Waals surface area contributed by atoms with E-state index < -0.39 is 0 Å². The number of rotatable bonds is 4. The monoisotopic (exact) mass is 280 g/mol. The molecule has 1 aliphatic heterocycles. The molecule has 2 heterocycles. The van der Waals surface area contributed by atoms with E-state index in [-0.39, 0.29) is 0 Å². The minimum Gasteiger partial charge on any atom is -0.347 e. The molecule has 0 amide bonds. The summed E-state index contributed by atoms with van der Waals surface area (Å²) >= 11 is 0. The summed E-state index contributed by atoms with van der Waals surface area (Å²) in [7, 11) is 8.02. The first-order valence-corrected chi connectivity index (χ1v) is 6.82. The van der Waals surface area contributed by atoms with Crippen molar-refractivity contribution in [3.8, 4) is 0 Å². The molecule has 1 atom stereocenters. The van der Waals surface area contributed by atoms with Crippen molar-refractivity contribution in [1.82, 2.24) is 19.9 Å². The van der Waals surface area contributed by atoms with Crippen LogP contribution in [0.4, 0.5) is 17.8 Å². The van der Waals surface area contributed by atoms with Gasteiger partial charge in [-0.25, -0.2) is 5.84 Å². The number of hydrogen-bond acceptors (Lipinski definition) is 8. The molecule has 1 saturated heterocycles. The summed E-state index contributed by atoms with van der Waals surface area (Å²) in [4.78, 5) is 19.4. The number of nitrogens with two attached hydrogens (primary N) is 1. The third-order valence-electron chi connectivity index (χ3n) is 3.55. The van der Waals surface area contributed by atoms with Crippen molar-refractivity contribution >= 4 is 17.8 Å². The second kappa shape index (κ2) is 6.19. The zero-order chi connectivity index (χ0) is 14.7. The van der Waals surface area contributed by atoms with Crippen molar-refractivity contribution in [3.05, 3.63) is 0 Å². The number of hydrazine groups is 1. The lowest BCUT2D eigenvalue weighted by atomic mass is 10.1. The Balaban J connectivity index is 2.24. The number of anilines is 3. The predicted molar refractivity (Wildman–Crippen MR) is 80.9 cm³/mol. The standard InChI is InChI=1S/C12H24N8/c1-18(2)9-6-5-7-20(8-9)12-15-10(17-13)14-11(16-12)19(3)4/h9H,5-8,13H2,1-4H3,(H,14,15,16,17). The molecule has 1 aromatic heterocycles. The molecule has 2 rings (SSSR count). The summed E-state index contributed by atoms with van der Waals surface area (Å²) in [6.45, 7) is 1.89. The molecule has 1 unspecified atom stereocenters. The number of piperidine rings is 1. The van der Waals surface area contributed by atoms with E-state index in [1.165, 1.54) is 6.42 Å². The van der Waals surface area contributed by atoms with Crippen LogP contribution in [0, 0.1) is 0 Å². The average Bonchev–Trinajstić information content (AvgIpc) is 2.46. The Morgan fingerprint density at radius 1 is 1.20 bits per heavy atom. The van der Waals surface area contributed by atoms with Crippen LogP contribution in [-0.4, -0.2) is 67.2 Å². The van der Waals surface area contributed by atoms with Gasteiger partial charge in [0.2, 0.25) is 17.8 Å². The molecule has 3 N–H and O–H groups in total. The fraction of sp³-hybridized carbons (Fsp3) is 0.750. The molecule has 0 aliphatic carbocycles. The average molecular weight is 280 g/mol. The van der Waals surface area contributed by atoms with Crippen molar-refractivity contribution in [1.29, 1.82) is 0 Å². The van der Waals surface area contributed by atoms with E-state index in [1.807, 2.05) is 19.0 Å². The SMILES string of the molecule is CN(C)c1nc(NN)nc(N2CCCC(N(C)C)C2)n1. The van der Waals surface area contributed by atoms with Crippen LogP contribution in [0.2, 0.25) is 0 Å². The van der Waals surface area contributed by atoms with Crippen molar-refractivity contribution in [2.75, 3.05) is 56.5 Å². The normalized spacial score (nSPS) is 19.3. The molecule has 0 spiro atoms. The van der Waals surface area contributed by atoms with Crippen LogP contribution >= 0.6 is 0 Å². The number of aromatic nitrogens is 3. The fourth-order valence-corrected chi connectivity index (χ4v) is 2.32. The first-order valence-electron chi connectivity index (χ1n) is 6.82. The van der Waals surface area contributed by atoms with Crippen LogP contribution in [0.15, 0.2) is 0 Å². The van der Waals surface area contributed by atoms with Crippen LogP contribution in [0.5, 0.6) is 0 Å². The van der Waals surface area contributed by atoms with Gasteiger partial charge in [0.25, 0.3) is 0 Å². The van der Waals surface area contributed by atoms with Crippen molar-refractivity contribution in [2.24, 2.45) is 5.84 Å². The zero-order valence-corrected chi connectivity index (χ0v) is 12.7. The van der Waals surface area contributed by atoms with Gasteiger partial charge >= 0.3 is 0 Å².